The molecule has 0 amide bonds. The second-order valence-electron chi connectivity index (χ2n) is 9.62. The highest BCUT2D eigenvalue weighted by Crippen LogP contribution is 2.45. The second-order valence-corrected chi connectivity index (χ2v) is 9.62. The Labute approximate surface area is 202 Å². The molecule has 0 atom stereocenters. The first-order chi connectivity index (χ1) is 17.1. The SMILES string of the molecule is COc1ccc2ncc(=O)n(CCC34CCC(NCc5cc6c(cn5)OCCO6)(CC3)CO4)c2n1. The molecule has 4 aliphatic rings. The van der Waals surface area contributed by atoms with Crippen LogP contribution >= 0.6 is 0 Å². The zero-order valence-corrected chi connectivity index (χ0v) is 19.8. The van der Waals surface area contributed by atoms with Crippen LogP contribution in [0.1, 0.15) is 37.8 Å². The highest BCUT2D eigenvalue weighted by Gasteiger charge is 2.49. The van der Waals surface area contributed by atoms with Gasteiger partial charge in [0.15, 0.2) is 17.1 Å². The van der Waals surface area contributed by atoms with Crippen molar-refractivity contribution in [2.75, 3.05) is 26.9 Å². The Bertz CT molecular complexity index is 1280. The summed E-state index contributed by atoms with van der Waals surface area (Å²) in [4.78, 5) is 25.8. The molecule has 1 N–H and O–H groups in total. The average Bonchev–Trinajstić information content (AvgIpc) is 2.92. The molecule has 0 unspecified atom stereocenters. The Balaban J connectivity index is 1.11. The Morgan fingerprint density at radius 3 is 2.69 bits per heavy atom. The van der Waals surface area contributed by atoms with Gasteiger partial charge in [0, 0.05) is 30.8 Å². The smallest absolute Gasteiger partial charge is 0.270 e. The van der Waals surface area contributed by atoms with E-state index in [0.717, 1.165) is 43.5 Å². The van der Waals surface area contributed by atoms with Crippen molar-refractivity contribution < 1.29 is 18.9 Å². The molecule has 0 spiro atoms. The molecule has 184 valence electrons. The van der Waals surface area contributed by atoms with Gasteiger partial charge in [0.25, 0.3) is 5.56 Å². The lowest BCUT2D eigenvalue weighted by Gasteiger charge is -2.53. The number of hydrogen-bond donors (Lipinski definition) is 1. The summed E-state index contributed by atoms with van der Waals surface area (Å²) in [7, 11) is 1.56. The molecule has 0 aromatic carbocycles. The number of nitrogens with zero attached hydrogens (tertiary/aromatic N) is 4. The van der Waals surface area contributed by atoms with E-state index in [4.69, 9.17) is 18.9 Å². The first-order valence-corrected chi connectivity index (χ1v) is 12.1. The lowest BCUT2D eigenvalue weighted by molar-refractivity contribution is -0.167. The molecule has 3 aromatic heterocycles. The normalized spacial score (nSPS) is 25.1. The Morgan fingerprint density at radius 1 is 1.09 bits per heavy atom. The van der Waals surface area contributed by atoms with Gasteiger partial charge < -0.3 is 24.3 Å². The number of pyridine rings is 2. The summed E-state index contributed by atoms with van der Waals surface area (Å²) in [5, 5.41) is 3.71. The van der Waals surface area contributed by atoms with Gasteiger partial charge >= 0.3 is 0 Å². The minimum Gasteiger partial charge on any atom is -0.486 e. The topological polar surface area (TPSA) is 110 Å². The maximum absolute atomic E-state index is 12.6. The van der Waals surface area contributed by atoms with E-state index in [1.54, 1.807) is 23.9 Å². The molecular weight excluding hydrogens is 450 g/mol. The van der Waals surface area contributed by atoms with Crippen LogP contribution in [0.2, 0.25) is 0 Å². The molecule has 1 saturated carbocycles. The summed E-state index contributed by atoms with van der Waals surface area (Å²) in [5.41, 5.74) is 1.72. The largest absolute Gasteiger partial charge is 0.486 e. The third-order valence-corrected chi connectivity index (χ3v) is 7.57. The van der Waals surface area contributed by atoms with Crippen LogP contribution in [-0.2, 0) is 17.8 Å². The van der Waals surface area contributed by atoms with Gasteiger partial charge in [0.05, 0.1) is 37.4 Å². The number of ether oxygens (including phenoxy) is 4. The van der Waals surface area contributed by atoms with Gasteiger partial charge in [-0.2, -0.15) is 4.98 Å². The van der Waals surface area contributed by atoms with Gasteiger partial charge in [-0.1, -0.05) is 0 Å². The first kappa shape index (κ1) is 22.2. The number of aromatic nitrogens is 4. The maximum Gasteiger partial charge on any atom is 0.270 e. The van der Waals surface area contributed by atoms with Gasteiger partial charge in [-0.3, -0.25) is 14.3 Å². The monoisotopic (exact) mass is 479 g/mol. The van der Waals surface area contributed by atoms with Crippen LogP contribution in [0.5, 0.6) is 17.4 Å². The van der Waals surface area contributed by atoms with E-state index in [-0.39, 0.29) is 16.7 Å². The zero-order valence-electron chi connectivity index (χ0n) is 19.8. The second kappa shape index (κ2) is 8.76. The molecule has 2 bridgehead atoms. The molecule has 7 rings (SSSR count). The summed E-state index contributed by atoms with van der Waals surface area (Å²) in [6.07, 6.45) is 7.79. The molecule has 10 heteroatoms. The maximum atomic E-state index is 12.6. The van der Waals surface area contributed by atoms with Crippen LogP contribution in [0.4, 0.5) is 0 Å². The number of nitrogens with one attached hydrogen (secondary N) is 1. The van der Waals surface area contributed by atoms with Crippen molar-refractivity contribution in [3.63, 3.8) is 0 Å². The molecule has 0 radical (unpaired) electrons. The quantitative estimate of drug-likeness (QED) is 0.545. The van der Waals surface area contributed by atoms with E-state index < -0.39 is 0 Å². The Hall–Kier alpha value is -3.24. The number of aryl methyl sites for hydroxylation is 1. The average molecular weight is 480 g/mol. The van der Waals surface area contributed by atoms with Crippen molar-refractivity contribution in [2.45, 2.75) is 56.3 Å². The van der Waals surface area contributed by atoms with Gasteiger partial charge in [0.1, 0.15) is 18.7 Å². The molecule has 6 heterocycles. The predicted molar refractivity (Wildman–Crippen MR) is 127 cm³/mol. The van der Waals surface area contributed by atoms with Crippen LogP contribution in [0.15, 0.2) is 35.4 Å². The summed E-state index contributed by atoms with van der Waals surface area (Å²) in [5.74, 6) is 1.93. The van der Waals surface area contributed by atoms with Gasteiger partial charge in [-0.25, -0.2) is 4.98 Å². The van der Waals surface area contributed by atoms with Crippen LogP contribution in [0.3, 0.4) is 0 Å². The van der Waals surface area contributed by atoms with Crippen LogP contribution in [0, 0.1) is 0 Å². The van der Waals surface area contributed by atoms with Gasteiger partial charge in [-0.05, 0) is 38.2 Å². The van der Waals surface area contributed by atoms with E-state index in [1.165, 1.54) is 6.20 Å². The molecule has 2 saturated heterocycles. The summed E-state index contributed by atoms with van der Waals surface area (Å²) in [6, 6.07) is 5.53. The third kappa shape index (κ3) is 4.21. The van der Waals surface area contributed by atoms with E-state index >= 15 is 0 Å². The van der Waals surface area contributed by atoms with Crippen molar-refractivity contribution in [3.8, 4) is 17.4 Å². The fourth-order valence-corrected chi connectivity index (χ4v) is 5.35. The molecule has 3 fully saturated rings. The summed E-state index contributed by atoms with van der Waals surface area (Å²) in [6.45, 7) is 2.95. The third-order valence-electron chi connectivity index (χ3n) is 7.57. The lowest BCUT2D eigenvalue weighted by Crippen LogP contribution is -2.61. The minimum absolute atomic E-state index is 0.0498. The van der Waals surface area contributed by atoms with Gasteiger partial charge in [-0.15, -0.1) is 0 Å². The van der Waals surface area contributed by atoms with Gasteiger partial charge in [0.2, 0.25) is 5.88 Å². The van der Waals surface area contributed by atoms with Crippen LogP contribution in [-0.4, -0.2) is 57.6 Å². The summed E-state index contributed by atoms with van der Waals surface area (Å²) < 4.78 is 24.6. The molecule has 35 heavy (non-hydrogen) atoms. The number of methoxy groups -OCH3 is 1. The van der Waals surface area contributed by atoms with Crippen molar-refractivity contribution in [1.29, 1.82) is 0 Å². The van der Waals surface area contributed by atoms with Crippen molar-refractivity contribution in [1.82, 2.24) is 24.8 Å². The molecule has 3 aliphatic heterocycles. The van der Waals surface area contributed by atoms with Crippen LogP contribution in [0.25, 0.3) is 11.2 Å². The Morgan fingerprint density at radius 2 is 1.91 bits per heavy atom. The molecule has 10 nitrogen and oxygen atoms in total. The highest BCUT2D eigenvalue weighted by atomic mass is 16.6. The van der Waals surface area contributed by atoms with E-state index in [1.807, 2.05) is 12.1 Å². The van der Waals surface area contributed by atoms with Crippen molar-refractivity contribution >= 4 is 11.2 Å². The lowest BCUT2D eigenvalue weighted by atomic mass is 9.70. The Kier molecular flexibility index (Phi) is 5.57. The van der Waals surface area contributed by atoms with Crippen molar-refractivity contribution in [2.24, 2.45) is 0 Å². The predicted octanol–water partition coefficient (Wildman–Crippen LogP) is 2.23. The van der Waals surface area contributed by atoms with Crippen LogP contribution < -0.4 is 25.1 Å². The molecule has 1 aliphatic carbocycles. The van der Waals surface area contributed by atoms with E-state index in [2.05, 4.69) is 20.3 Å². The fraction of sp³-hybridized carbons (Fsp3) is 0.520. The standard InChI is InChI=1S/C25H29N5O5/c1-32-21-3-2-18-23(29-21)30(22(31)15-27-18)9-8-25-6-4-24(5-7-25,16-35-25)28-13-17-12-19-20(14-26-17)34-11-10-33-19/h2-3,12,14-15,28H,4-11,13,16H2,1H3. The van der Waals surface area contributed by atoms with Crippen molar-refractivity contribution in [3.05, 3.63) is 46.6 Å². The zero-order chi connectivity index (χ0) is 23.9. The minimum atomic E-state index is -0.216. The fourth-order valence-electron chi connectivity index (χ4n) is 5.35. The highest BCUT2D eigenvalue weighted by molar-refractivity contribution is 5.70. The van der Waals surface area contributed by atoms with E-state index in [0.29, 0.717) is 55.7 Å². The number of rotatable bonds is 7. The molecular formula is C25H29N5O5. The summed E-state index contributed by atoms with van der Waals surface area (Å²) >= 11 is 0. The van der Waals surface area contributed by atoms with E-state index in [9.17, 15) is 4.79 Å². The molecule has 3 aromatic rings. The first-order valence-electron chi connectivity index (χ1n) is 12.1. The number of hydrogen-bond acceptors (Lipinski definition) is 9. The number of fused-ring (bicyclic) bond motifs is 5.